The summed E-state index contributed by atoms with van der Waals surface area (Å²) in [6.07, 6.45) is 0. The van der Waals surface area contributed by atoms with Gasteiger partial charge in [0.2, 0.25) is 0 Å². The Hall–Kier alpha value is -4.62. The molecule has 1 aliphatic rings. The predicted molar refractivity (Wildman–Crippen MR) is 171 cm³/mol. The Kier molecular flexibility index (Phi) is 9.65. The van der Waals surface area contributed by atoms with E-state index in [2.05, 4.69) is 15.1 Å². The minimum Gasteiger partial charge on any atom is -0.379 e. The minimum absolute atomic E-state index is 0.131. The molecular weight excluding hydrogens is 606 g/mol. The molecule has 0 saturated carbocycles. The van der Waals surface area contributed by atoms with Crippen molar-refractivity contribution in [2.45, 2.75) is 9.79 Å². The van der Waals surface area contributed by atoms with E-state index in [1.165, 1.54) is 36.4 Å². The molecule has 4 aromatic carbocycles. The van der Waals surface area contributed by atoms with Crippen molar-refractivity contribution in [3.63, 3.8) is 0 Å². The van der Waals surface area contributed by atoms with E-state index in [0.29, 0.717) is 25.4 Å². The van der Waals surface area contributed by atoms with E-state index in [0.717, 1.165) is 35.4 Å². The van der Waals surface area contributed by atoms with Crippen LogP contribution in [0, 0.1) is 15.9 Å². The molecule has 0 spiro atoms. The highest BCUT2D eigenvalue weighted by molar-refractivity contribution is 7.99. The summed E-state index contributed by atoms with van der Waals surface area (Å²) in [6, 6.07) is 26.2. The molecule has 4 aromatic rings. The average molecular weight is 636 g/mol. The summed E-state index contributed by atoms with van der Waals surface area (Å²) < 4.78 is 41.2. The molecule has 13 heteroatoms. The molecular formula is C31H30FN5O5S2. The fourth-order valence-corrected chi connectivity index (χ4v) is 6.57. The molecule has 2 N–H and O–H groups in total. The molecule has 0 aromatic heterocycles. The van der Waals surface area contributed by atoms with Crippen molar-refractivity contribution >= 4 is 50.4 Å². The van der Waals surface area contributed by atoms with Crippen LogP contribution in [0.1, 0.15) is 10.4 Å². The molecule has 5 rings (SSSR count). The van der Waals surface area contributed by atoms with Crippen LogP contribution in [0.15, 0.2) is 107 Å². The maximum absolute atomic E-state index is 13.2. The number of nitro benzene ring substituents is 1. The lowest BCUT2D eigenvalue weighted by Crippen LogP contribution is -2.46. The first kappa shape index (κ1) is 30.8. The third-order valence-corrected chi connectivity index (χ3v) is 9.44. The molecule has 1 saturated heterocycles. The smallest absolute Gasteiger partial charge is 0.293 e. The largest absolute Gasteiger partial charge is 0.379 e. The Morgan fingerprint density at radius 3 is 2.05 bits per heavy atom. The van der Waals surface area contributed by atoms with Crippen molar-refractivity contribution in [3.05, 3.63) is 119 Å². The summed E-state index contributed by atoms with van der Waals surface area (Å²) in [4.78, 5) is 28.9. The Morgan fingerprint density at radius 1 is 0.864 bits per heavy atom. The number of carbonyl (C=O) groups is 1. The molecule has 1 fully saturated rings. The van der Waals surface area contributed by atoms with Gasteiger partial charge in [0, 0.05) is 66.4 Å². The predicted octanol–water partition coefficient (Wildman–Crippen LogP) is 5.38. The number of thioether (sulfide) groups is 1. The number of hydrogen-bond acceptors (Lipinski definition) is 9. The quantitative estimate of drug-likeness (QED) is 0.0967. The van der Waals surface area contributed by atoms with Crippen molar-refractivity contribution in [3.8, 4) is 0 Å². The maximum Gasteiger partial charge on any atom is 0.293 e. The van der Waals surface area contributed by atoms with Crippen LogP contribution in [0.25, 0.3) is 0 Å². The Labute approximate surface area is 259 Å². The zero-order valence-corrected chi connectivity index (χ0v) is 25.2. The van der Waals surface area contributed by atoms with Gasteiger partial charge in [-0.3, -0.25) is 14.9 Å². The van der Waals surface area contributed by atoms with E-state index in [9.17, 15) is 27.7 Å². The van der Waals surface area contributed by atoms with Crippen molar-refractivity contribution in [2.24, 2.45) is 0 Å². The summed E-state index contributed by atoms with van der Waals surface area (Å²) in [5, 5.41) is 14.7. The van der Waals surface area contributed by atoms with Crippen LogP contribution in [0.5, 0.6) is 0 Å². The van der Waals surface area contributed by atoms with E-state index in [4.69, 9.17) is 0 Å². The number of piperazine rings is 1. The highest BCUT2D eigenvalue weighted by Crippen LogP contribution is 2.28. The first-order chi connectivity index (χ1) is 21.2. The number of carbonyl (C=O) groups excluding carboxylic acids is 1. The van der Waals surface area contributed by atoms with Crippen LogP contribution >= 0.6 is 11.8 Å². The molecule has 0 unspecified atom stereocenters. The first-order valence-corrected chi connectivity index (χ1v) is 16.3. The van der Waals surface area contributed by atoms with Crippen LogP contribution in [-0.2, 0) is 10.0 Å². The van der Waals surface area contributed by atoms with Gasteiger partial charge in [0.05, 0.1) is 9.82 Å². The number of amides is 1. The fraction of sp³-hybridized carbons (Fsp3) is 0.194. The number of halogens is 1. The van der Waals surface area contributed by atoms with E-state index in [-0.39, 0.29) is 17.1 Å². The van der Waals surface area contributed by atoms with Gasteiger partial charge < -0.3 is 15.1 Å². The fourth-order valence-electron chi connectivity index (χ4n) is 4.79. The van der Waals surface area contributed by atoms with E-state index >= 15 is 0 Å². The number of rotatable bonds is 11. The number of nitrogens with zero attached hydrogens (tertiary/aromatic N) is 3. The molecule has 10 nitrogen and oxygen atoms in total. The van der Waals surface area contributed by atoms with Crippen molar-refractivity contribution in [1.82, 2.24) is 4.72 Å². The summed E-state index contributed by atoms with van der Waals surface area (Å²) in [5.41, 5.74) is 1.74. The van der Waals surface area contributed by atoms with E-state index < -0.39 is 31.4 Å². The van der Waals surface area contributed by atoms with Crippen LogP contribution in [0.3, 0.4) is 0 Å². The number of nitro groups is 1. The molecule has 1 amide bonds. The third-order valence-electron chi connectivity index (χ3n) is 7.10. The molecule has 1 heterocycles. The number of nitrogens with one attached hydrogen (secondary N) is 2. The van der Waals surface area contributed by atoms with Crippen LogP contribution in [0.2, 0.25) is 0 Å². The summed E-state index contributed by atoms with van der Waals surface area (Å²) in [5.74, 6) is -0.483. The van der Waals surface area contributed by atoms with Gasteiger partial charge >= 0.3 is 0 Å². The van der Waals surface area contributed by atoms with Gasteiger partial charge in [-0.1, -0.05) is 18.2 Å². The van der Waals surface area contributed by atoms with Crippen molar-refractivity contribution in [2.75, 3.05) is 53.6 Å². The minimum atomic E-state index is -4.38. The van der Waals surface area contributed by atoms with Crippen molar-refractivity contribution in [1.29, 1.82) is 0 Å². The standard InChI is InChI=1S/C31H30FN5O5S2/c32-24-8-12-26(13-9-24)36-19-17-35(18-20-36)25-10-6-23(7-11-25)31(38)34-44(41,42)28-14-15-29(30(22-28)37(39)40)33-16-21-43-27-4-2-1-3-5-27/h1-15,22,33H,16-21H2,(H,34,38). The SMILES string of the molecule is O=C(NS(=O)(=O)c1ccc(NCCSc2ccccc2)c([N+](=O)[O-])c1)c1ccc(N2CCN(c3ccc(F)cc3)CC2)cc1. The first-order valence-electron chi connectivity index (χ1n) is 13.8. The van der Waals surface area contributed by atoms with E-state index in [1.807, 2.05) is 35.1 Å². The summed E-state index contributed by atoms with van der Waals surface area (Å²) in [6.45, 7) is 3.32. The average Bonchev–Trinajstić information content (AvgIpc) is 3.04. The van der Waals surface area contributed by atoms with Gasteiger partial charge in [0.25, 0.3) is 21.6 Å². The Morgan fingerprint density at radius 2 is 1.45 bits per heavy atom. The molecule has 0 aliphatic carbocycles. The number of hydrogen-bond donors (Lipinski definition) is 2. The van der Waals surface area contributed by atoms with E-state index in [1.54, 1.807) is 36.0 Å². The topological polar surface area (TPSA) is 125 Å². The molecule has 228 valence electrons. The lowest BCUT2D eigenvalue weighted by atomic mass is 10.1. The molecule has 0 atom stereocenters. The maximum atomic E-state index is 13.2. The normalized spacial score (nSPS) is 13.4. The van der Waals surface area contributed by atoms with Crippen molar-refractivity contribution < 1.29 is 22.5 Å². The summed E-state index contributed by atoms with van der Waals surface area (Å²) in [7, 11) is -4.38. The number of benzene rings is 4. The van der Waals surface area contributed by atoms with Gasteiger partial charge in [-0.15, -0.1) is 11.8 Å². The summed E-state index contributed by atoms with van der Waals surface area (Å²) >= 11 is 1.58. The zero-order chi connectivity index (χ0) is 31.1. The second-order valence-electron chi connectivity index (χ2n) is 9.96. The van der Waals surface area contributed by atoms with Crippen LogP contribution in [-0.4, -0.2) is 57.7 Å². The lowest BCUT2D eigenvalue weighted by Gasteiger charge is -2.37. The van der Waals surface area contributed by atoms with Gasteiger partial charge in [-0.2, -0.15) is 0 Å². The Bertz CT molecular complexity index is 1720. The zero-order valence-electron chi connectivity index (χ0n) is 23.6. The molecule has 0 radical (unpaired) electrons. The van der Waals surface area contributed by atoms with Gasteiger partial charge in [0.15, 0.2) is 0 Å². The van der Waals surface area contributed by atoms with Gasteiger partial charge in [-0.25, -0.2) is 17.5 Å². The third kappa shape index (κ3) is 7.66. The number of sulfonamides is 1. The van der Waals surface area contributed by atoms with Gasteiger partial charge in [0.1, 0.15) is 11.5 Å². The molecule has 0 bridgehead atoms. The second kappa shape index (κ2) is 13.8. The molecule has 1 aliphatic heterocycles. The lowest BCUT2D eigenvalue weighted by molar-refractivity contribution is -0.384. The monoisotopic (exact) mass is 635 g/mol. The van der Waals surface area contributed by atoms with Crippen LogP contribution in [0.4, 0.5) is 27.1 Å². The molecule has 44 heavy (non-hydrogen) atoms. The highest BCUT2D eigenvalue weighted by Gasteiger charge is 2.24. The highest BCUT2D eigenvalue weighted by atomic mass is 32.2. The Balaban J connectivity index is 1.17. The second-order valence-corrected chi connectivity index (χ2v) is 12.8. The van der Waals surface area contributed by atoms with Crippen LogP contribution < -0.4 is 19.8 Å². The van der Waals surface area contributed by atoms with Gasteiger partial charge in [-0.05, 0) is 72.8 Å². The number of anilines is 3.